The Balaban J connectivity index is -0.00000000595. The second-order valence-corrected chi connectivity index (χ2v) is 1.56. The van der Waals surface area contributed by atoms with Crippen molar-refractivity contribution < 1.29 is 25.5 Å². The molecule has 0 saturated heterocycles. The van der Waals surface area contributed by atoms with Gasteiger partial charge in [-0.25, -0.2) is 4.79 Å². The van der Waals surface area contributed by atoms with Gasteiger partial charge in [-0.2, -0.15) is 0 Å². The molecule has 4 nitrogen and oxygen atoms in total. The standard InChI is InChI=1S/C2H6O3Si.2Ca.H2O.4H/c1-6-5-2(3)4;;;;;;;/h6H2,1H3,(H,3,4);;;1H2;;;;/q;2*+2;;4*-1. The summed E-state index contributed by atoms with van der Waals surface area (Å²) in [5, 5.41) is 7.73. The van der Waals surface area contributed by atoms with E-state index in [1.54, 1.807) is 6.55 Å². The summed E-state index contributed by atoms with van der Waals surface area (Å²) in [5.74, 6) is 0. The van der Waals surface area contributed by atoms with Crippen LogP contribution in [0.4, 0.5) is 4.79 Å². The zero-order valence-corrected chi connectivity index (χ0v) is 11.2. The van der Waals surface area contributed by atoms with E-state index < -0.39 is 15.9 Å². The molecule has 0 fully saturated rings. The van der Waals surface area contributed by atoms with Crippen LogP contribution in [-0.4, -0.2) is 102 Å². The van der Waals surface area contributed by atoms with Gasteiger partial charge in [0, 0.05) is 0 Å². The topological polar surface area (TPSA) is 78.0 Å². The first-order valence-corrected chi connectivity index (χ1v) is 3.62. The third-order valence-electron chi connectivity index (χ3n) is 0.268. The maximum Gasteiger partial charge on any atom is 2.00 e. The molecule has 52 valence electrons. The summed E-state index contributed by atoms with van der Waals surface area (Å²) >= 11 is 0. The van der Waals surface area contributed by atoms with Gasteiger partial charge in [0.15, 0.2) is 0 Å². The minimum absolute atomic E-state index is 0. The zero-order chi connectivity index (χ0) is 4.99. The van der Waals surface area contributed by atoms with Crippen LogP contribution in [0.15, 0.2) is 0 Å². The van der Waals surface area contributed by atoms with Gasteiger partial charge in [-0.1, -0.05) is 0 Å². The van der Waals surface area contributed by atoms with Crippen LogP contribution >= 0.6 is 0 Å². The number of rotatable bonds is 1. The maximum absolute atomic E-state index is 9.41. The molecule has 0 rings (SSSR count). The first-order valence-electron chi connectivity index (χ1n) is 1.63. The molecule has 0 aromatic rings. The van der Waals surface area contributed by atoms with Crippen LogP contribution in [0.1, 0.15) is 5.71 Å². The largest absolute Gasteiger partial charge is 2.00 e. The second kappa shape index (κ2) is 16.5. The van der Waals surface area contributed by atoms with E-state index in [0.717, 1.165) is 0 Å². The molecule has 0 atom stereocenters. The van der Waals surface area contributed by atoms with Gasteiger partial charge in [0.1, 0.15) is 0 Å². The Morgan fingerprint density at radius 3 is 2.00 bits per heavy atom. The Morgan fingerprint density at radius 2 is 2.00 bits per heavy atom. The van der Waals surface area contributed by atoms with E-state index in [2.05, 4.69) is 4.43 Å². The molecular formula is C2H12Ca2O4Si. The van der Waals surface area contributed by atoms with Crippen molar-refractivity contribution in [3.05, 3.63) is 0 Å². The van der Waals surface area contributed by atoms with Gasteiger partial charge in [-0.05, 0) is 6.55 Å². The van der Waals surface area contributed by atoms with Crippen LogP contribution in [0.25, 0.3) is 0 Å². The fourth-order valence-corrected chi connectivity index (χ4v) is 0.370. The Morgan fingerprint density at radius 1 is 1.67 bits per heavy atom. The van der Waals surface area contributed by atoms with E-state index in [4.69, 9.17) is 5.11 Å². The summed E-state index contributed by atoms with van der Waals surface area (Å²) in [7, 11) is -0.733. The Hall–Kier alpha value is 1.97. The molecule has 0 aliphatic carbocycles. The summed E-state index contributed by atoms with van der Waals surface area (Å²) in [4.78, 5) is 9.41. The van der Waals surface area contributed by atoms with Crippen LogP contribution in [0, 0.1) is 0 Å². The van der Waals surface area contributed by atoms with Crippen molar-refractivity contribution in [2.24, 2.45) is 0 Å². The zero-order valence-electron chi connectivity index (χ0n) is 9.39. The van der Waals surface area contributed by atoms with Crippen molar-refractivity contribution in [3.63, 3.8) is 0 Å². The van der Waals surface area contributed by atoms with E-state index in [9.17, 15) is 4.79 Å². The van der Waals surface area contributed by atoms with Gasteiger partial charge < -0.3 is 20.7 Å². The van der Waals surface area contributed by atoms with Crippen LogP contribution in [0.5, 0.6) is 0 Å². The summed E-state index contributed by atoms with van der Waals surface area (Å²) in [6.07, 6.45) is -1.15. The summed E-state index contributed by atoms with van der Waals surface area (Å²) in [6, 6.07) is 0. The van der Waals surface area contributed by atoms with E-state index in [1.165, 1.54) is 0 Å². The van der Waals surface area contributed by atoms with Gasteiger partial charge in [-0.3, -0.25) is 0 Å². The van der Waals surface area contributed by atoms with E-state index >= 15 is 0 Å². The molecule has 0 bridgehead atoms. The third-order valence-corrected chi connectivity index (χ3v) is 0.803. The average molecular weight is 208 g/mol. The summed E-state index contributed by atoms with van der Waals surface area (Å²) < 4.78 is 4.10. The Labute approximate surface area is 122 Å². The van der Waals surface area contributed by atoms with Gasteiger partial charge in [0.2, 0.25) is 9.76 Å². The predicted octanol–water partition coefficient (Wildman–Crippen LogP) is -1.32. The van der Waals surface area contributed by atoms with Crippen molar-refractivity contribution >= 4 is 91.4 Å². The van der Waals surface area contributed by atoms with Crippen molar-refractivity contribution in [1.29, 1.82) is 0 Å². The third kappa shape index (κ3) is 25.6. The quantitative estimate of drug-likeness (QED) is 0.543. The molecule has 0 heterocycles. The SMILES string of the molecule is C[SiH2]OC(=O)O.O.[Ca+2].[Ca+2].[H-].[H-].[H-].[H-]. The Kier molecular flexibility index (Phi) is 41.2. The molecule has 0 aromatic carbocycles. The molecule has 0 amide bonds. The smallest absolute Gasteiger partial charge is 1.00 e. The molecule has 3 N–H and O–H groups in total. The number of hydrogen-bond donors (Lipinski definition) is 1. The fourth-order valence-electron chi connectivity index (χ4n) is 0.123. The molecule has 0 saturated carbocycles. The minimum atomic E-state index is -1.15. The minimum Gasteiger partial charge on any atom is -1.00 e. The number of hydrogen-bond acceptors (Lipinski definition) is 2. The fraction of sp³-hybridized carbons (Fsp3) is 0.500. The van der Waals surface area contributed by atoms with Crippen LogP contribution < -0.4 is 0 Å². The molecule has 7 heteroatoms. The molecule has 0 spiro atoms. The van der Waals surface area contributed by atoms with Gasteiger partial charge in [0.05, 0.1) is 0 Å². The normalized spacial score (nSPS) is 6.33. The van der Waals surface area contributed by atoms with E-state index in [1.807, 2.05) is 0 Å². The summed E-state index contributed by atoms with van der Waals surface area (Å²) in [6.45, 7) is 1.76. The molecular weight excluding hydrogens is 196 g/mol. The van der Waals surface area contributed by atoms with Crippen LogP contribution in [0.2, 0.25) is 6.55 Å². The molecule has 0 unspecified atom stereocenters. The first kappa shape index (κ1) is 22.4. The second-order valence-electron chi connectivity index (χ2n) is 0.699. The molecule has 0 radical (unpaired) electrons. The van der Waals surface area contributed by atoms with Crippen molar-refractivity contribution in [3.8, 4) is 0 Å². The summed E-state index contributed by atoms with van der Waals surface area (Å²) in [5.41, 5.74) is 0. The van der Waals surface area contributed by atoms with Crippen molar-refractivity contribution in [2.45, 2.75) is 6.55 Å². The molecule has 0 aliphatic heterocycles. The van der Waals surface area contributed by atoms with Crippen molar-refractivity contribution in [2.75, 3.05) is 0 Å². The molecule has 0 aliphatic rings. The van der Waals surface area contributed by atoms with Crippen LogP contribution in [0.3, 0.4) is 0 Å². The molecule has 9 heavy (non-hydrogen) atoms. The van der Waals surface area contributed by atoms with Crippen LogP contribution in [-0.2, 0) is 4.43 Å². The Bertz CT molecular complexity index is 72.1. The average Bonchev–Trinajstić information content (AvgIpc) is 1.35. The van der Waals surface area contributed by atoms with E-state index in [0.29, 0.717) is 0 Å². The predicted molar refractivity (Wildman–Crippen MR) is 43.1 cm³/mol. The number of carbonyl (C=O) groups is 1. The van der Waals surface area contributed by atoms with Crippen molar-refractivity contribution in [1.82, 2.24) is 0 Å². The van der Waals surface area contributed by atoms with Gasteiger partial charge >= 0.3 is 81.6 Å². The number of carboxylic acid groups (broad SMARTS) is 1. The van der Waals surface area contributed by atoms with Gasteiger partial charge in [0.25, 0.3) is 0 Å². The monoisotopic (exact) mass is 208 g/mol. The van der Waals surface area contributed by atoms with E-state index in [-0.39, 0.29) is 86.7 Å². The maximum atomic E-state index is 9.41. The first-order chi connectivity index (χ1) is 2.77. The van der Waals surface area contributed by atoms with Gasteiger partial charge in [-0.15, -0.1) is 0 Å². The molecule has 0 aromatic heterocycles.